The zero-order chi connectivity index (χ0) is 24.6. The van der Waals surface area contributed by atoms with Gasteiger partial charge in [-0.2, -0.15) is 5.10 Å². The van der Waals surface area contributed by atoms with E-state index in [1.165, 1.54) is 0 Å². The molecule has 0 spiro atoms. The monoisotopic (exact) mass is 480 g/mol. The lowest BCUT2D eigenvalue weighted by Gasteiger charge is -2.08. The molecule has 0 radical (unpaired) electrons. The second-order valence-corrected chi connectivity index (χ2v) is 8.58. The van der Waals surface area contributed by atoms with Gasteiger partial charge in [0.1, 0.15) is 11.3 Å². The van der Waals surface area contributed by atoms with E-state index in [-0.39, 0.29) is 11.1 Å². The van der Waals surface area contributed by atoms with Crippen LogP contribution in [0.4, 0.5) is 0 Å². The first kappa shape index (κ1) is 22.0. The first-order valence-electron chi connectivity index (χ1n) is 11.6. The van der Waals surface area contributed by atoms with Crippen molar-refractivity contribution in [2.75, 3.05) is 14.2 Å². The third kappa shape index (κ3) is 3.61. The van der Waals surface area contributed by atoms with Crippen LogP contribution < -0.4 is 10.3 Å². The van der Waals surface area contributed by atoms with Crippen LogP contribution in [0.5, 0.6) is 5.75 Å². The third-order valence-corrected chi connectivity index (χ3v) is 6.46. The lowest BCUT2D eigenvalue weighted by Crippen LogP contribution is -2.22. The number of pyridine rings is 1. The standard InChI is InChI=1S/C27H24N6O3/c1-35-16-22-24(17-6-4-3-5-7-17)26-30-29-25-23(33(26)31-22)11-13-32(27(25)34)12-10-18-15-28-21-9-8-19(36-2)14-20(18)21/h3-9,11,13-15,28H,10,12,16H2,1-2H3. The number of H-pyrrole nitrogens is 1. The highest BCUT2D eigenvalue weighted by atomic mass is 16.5. The van der Waals surface area contributed by atoms with E-state index in [2.05, 4.69) is 15.2 Å². The molecule has 0 aliphatic rings. The van der Waals surface area contributed by atoms with Gasteiger partial charge in [0, 0.05) is 37.0 Å². The Kier molecular flexibility index (Phi) is 5.46. The van der Waals surface area contributed by atoms with Gasteiger partial charge >= 0.3 is 0 Å². The van der Waals surface area contributed by atoms with Gasteiger partial charge < -0.3 is 19.0 Å². The van der Waals surface area contributed by atoms with Crippen LogP contribution in [0, 0.1) is 0 Å². The van der Waals surface area contributed by atoms with Crippen molar-refractivity contribution in [1.29, 1.82) is 0 Å². The van der Waals surface area contributed by atoms with E-state index in [1.54, 1.807) is 29.5 Å². The van der Waals surface area contributed by atoms with Crippen LogP contribution in [0.1, 0.15) is 11.3 Å². The number of aromatic amines is 1. The molecule has 2 aromatic carbocycles. The molecule has 6 aromatic rings. The Morgan fingerprint density at radius 3 is 2.69 bits per heavy atom. The number of rotatable bonds is 7. The van der Waals surface area contributed by atoms with Crippen molar-refractivity contribution in [3.05, 3.63) is 88.6 Å². The lowest BCUT2D eigenvalue weighted by molar-refractivity contribution is 0.181. The van der Waals surface area contributed by atoms with Gasteiger partial charge in [0.05, 0.1) is 25.0 Å². The number of methoxy groups -OCH3 is 2. The highest BCUT2D eigenvalue weighted by molar-refractivity contribution is 5.85. The van der Waals surface area contributed by atoms with E-state index in [0.29, 0.717) is 30.7 Å². The Bertz CT molecular complexity index is 1770. The molecular formula is C27H24N6O3. The maximum absolute atomic E-state index is 13.3. The Labute approximate surface area is 205 Å². The van der Waals surface area contributed by atoms with Crippen molar-refractivity contribution in [3.63, 3.8) is 0 Å². The molecule has 0 bridgehead atoms. The van der Waals surface area contributed by atoms with Crippen molar-refractivity contribution in [3.8, 4) is 16.9 Å². The smallest absolute Gasteiger partial charge is 0.280 e. The number of ether oxygens (including phenoxy) is 2. The minimum absolute atomic E-state index is 0.204. The minimum Gasteiger partial charge on any atom is -0.497 e. The largest absolute Gasteiger partial charge is 0.497 e. The fourth-order valence-corrected chi connectivity index (χ4v) is 4.68. The van der Waals surface area contributed by atoms with Crippen molar-refractivity contribution in [2.24, 2.45) is 0 Å². The van der Waals surface area contributed by atoms with Crippen LogP contribution in [0.2, 0.25) is 0 Å². The molecule has 9 heteroatoms. The van der Waals surface area contributed by atoms with E-state index in [4.69, 9.17) is 14.6 Å². The van der Waals surface area contributed by atoms with Crippen LogP contribution in [0.25, 0.3) is 38.7 Å². The lowest BCUT2D eigenvalue weighted by atomic mass is 10.1. The fourth-order valence-electron chi connectivity index (χ4n) is 4.68. The molecule has 0 amide bonds. The molecule has 4 aromatic heterocycles. The second kappa shape index (κ2) is 8.94. The molecule has 9 nitrogen and oxygen atoms in total. The first-order valence-corrected chi connectivity index (χ1v) is 11.6. The van der Waals surface area contributed by atoms with Crippen molar-refractivity contribution in [2.45, 2.75) is 19.6 Å². The SMILES string of the molecule is COCc1nn2c(nnc3c(=O)n(CCc4c[nH]c5ccc(OC)cc45)ccc32)c1-c1ccccc1. The van der Waals surface area contributed by atoms with Crippen LogP contribution in [-0.2, 0) is 24.3 Å². The molecule has 36 heavy (non-hydrogen) atoms. The summed E-state index contributed by atoms with van der Waals surface area (Å²) < 4.78 is 14.1. The van der Waals surface area contributed by atoms with Gasteiger partial charge in [0.15, 0.2) is 11.2 Å². The van der Waals surface area contributed by atoms with E-state index in [9.17, 15) is 4.79 Å². The van der Waals surface area contributed by atoms with E-state index >= 15 is 0 Å². The molecule has 180 valence electrons. The normalized spacial score (nSPS) is 11.6. The first-order chi connectivity index (χ1) is 17.7. The maximum atomic E-state index is 13.3. The summed E-state index contributed by atoms with van der Waals surface area (Å²) in [5.74, 6) is 0.799. The summed E-state index contributed by atoms with van der Waals surface area (Å²) in [5.41, 5.74) is 5.97. The number of aromatic nitrogens is 6. The summed E-state index contributed by atoms with van der Waals surface area (Å²) in [5, 5.41) is 14.6. The summed E-state index contributed by atoms with van der Waals surface area (Å²) in [7, 11) is 3.28. The predicted octanol–water partition coefficient (Wildman–Crippen LogP) is 3.99. The van der Waals surface area contributed by atoms with Crippen molar-refractivity contribution < 1.29 is 9.47 Å². The summed E-state index contributed by atoms with van der Waals surface area (Å²) in [6.07, 6.45) is 4.44. The van der Waals surface area contributed by atoms with E-state index in [1.807, 2.05) is 60.8 Å². The van der Waals surface area contributed by atoms with Crippen molar-refractivity contribution in [1.82, 2.24) is 29.4 Å². The van der Waals surface area contributed by atoms with Crippen LogP contribution >= 0.6 is 0 Å². The molecule has 0 fully saturated rings. The Balaban J connectivity index is 1.40. The zero-order valence-corrected chi connectivity index (χ0v) is 19.9. The van der Waals surface area contributed by atoms with Crippen LogP contribution in [0.3, 0.4) is 0 Å². The quantitative estimate of drug-likeness (QED) is 0.371. The van der Waals surface area contributed by atoms with Crippen LogP contribution in [-0.4, -0.2) is 43.6 Å². The highest BCUT2D eigenvalue weighted by Crippen LogP contribution is 2.29. The Morgan fingerprint density at radius 2 is 1.89 bits per heavy atom. The van der Waals surface area contributed by atoms with Crippen molar-refractivity contribution >= 4 is 27.6 Å². The van der Waals surface area contributed by atoms with Crippen LogP contribution in [0.15, 0.2) is 71.8 Å². The van der Waals surface area contributed by atoms with Gasteiger partial charge in [-0.1, -0.05) is 30.3 Å². The number of nitrogens with zero attached hydrogens (tertiary/aromatic N) is 5. The molecule has 0 atom stereocenters. The average Bonchev–Trinajstić information content (AvgIpc) is 3.49. The number of benzene rings is 2. The summed E-state index contributed by atoms with van der Waals surface area (Å²) in [6.45, 7) is 0.823. The van der Waals surface area contributed by atoms with Gasteiger partial charge in [0.25, 0.3) is 5.56 Å². The fraction of sp³-hybridized carbons (Fsp3) is 0.185. The molecule has 6 rings (SSSR count). The molecule has 0 saturated carbocycles. The number of nitrogens with one attached hydrogen (secondary N) is 1. The Morgan fingerprint density at radius 1 is 1.03 bits per heavy atom. The minimum atomic E-state index is -0.204. The molecular weight excluding hydrogens is 456 g/mol. The van der Waals surface area contributed by atoms with E-state index < -0.39 is 0 Å². The molecule has 0 unspecified atom stereocenters. The number of aryl methyl sites for hydroxylation is 2. The Hall–Kier alpha value is -4.50. The van der Waals surface area contributed by atoms with Gasteiger partial charge in [-0.05, 0) is 41.8 Å². The molecule has 0 saturated heterocycles. The van der Waals surface area contributed by atoms with Gasteiger partial charge in [0.2, 0.25) is 0 Å². The molecule has 4 heterocycles. The number of fused-ring (bicyclic) bond motifs is 4. The number of hydrogen-bond acceptors (Lipinski definition) is 6. The maximum Gasteiger partial charge on any atom is 0.280 e. The molecule has 1 N–H and O–H groups in total. The summed E-state index contributed by atoms with van der Waals surface area (Å²) in [4.78, 5) is 16.6. The third-order valence-electron chi connectivity index (χ3n) is 6.46. The molecule has 0 aliphatic carbocycles. The topological polar surface area (TPSA) is 99.3 Å². The van der Waals surface area contributed by atoms with E-state index in [0.717, 1.165) is 39.0 Å². The highest BCUT2D eigenvalue weighted by Gasteiger charge is 2.19. The average molecular weight is 481 g/mol. The molecule has 0 aliphatic heterocycles. The second-order valence-electron chi connectivity index (χ2n) is 8.58. The summed E-state index contributed by atoms with van der Waals surface area (Å²) in [6, 6.07) is 17.7. The van der Waals surface area contributed by atoms with Gasteiger partial charge in [-0.25, -0.2) is 4.52 Å². The van der Waals surface area contributed by atoms with Gasteiger partial charge in [-0.15, -0.1) is 10.2 Å². The number of hydrogen-bond donors (Lipinski definition) is 1. The van der Waals surface area contributed by atoms with Gasteiger partial charge in [-0.3, -0.25) is 4.79 Å². The summed E-state index contributed by atoms with van der Waals surface area (Å²) >= 11 is 0. The predicted molar refractivity (Wildman–Crippen MR) is 137 cm³/mol. The zero-order valence-electron chi connectivity index (χ0n) is 19.9.